The smallest absolute Gasteiger partial charge is 0.174 e. The monoisotopic (exact) mass is 120 g/mol. The summed E-state index contributed by atoms with van der Waals surface area (Å²) in [7, 11) is 0. The van der Waals surface area contributed by atoms with Gasteiger partial charge < -0.3 is 0 Å². The van der Waals surface area contributed by atoms with Crippen LogP contribution in [0.2, 0.25) is 0 Å². The maximum atomic E-state index is 3.62. The van der Waals surface area contributed by atoms with Crippen molar-refractivity contribution in [2.24, 2.45) is 0 Å². The van der Waals surface area contributed by atoms with Crippen LogP contribution in [0.1, 0.15) is 5.56 Å². The molecule has 0 N–H and O–H groups in total. The second-order valence-corrected chi connectivity index (χ2v) is 2.01. The Balaban J connectivity index is 3.01. The van der Waals surface area contributed by atoms with Gasteiger partial charge in [-0.25, -0.2) is 0 Å². The van der Waals surface area contributed by atoms with Gasteiger partial charge in [-0.3, -0.25) is 0 Å². The van der Waals surface area contributed by atoms with Crippen LogP contribution < -0.4 is 4.57 Å². The fourth-order valence-corrected chi connectivity index (χ4v) is 0.634. The van der Waals surface area contributed by atoms with Crippen LogP contribution in [0.4, 0.5) is 0 Å². The van der Waals surface area contributed by atoms with E-state index < -0.39 is 0 Å². The van der Waals surface area contributed by atoms with Gasteiger partial charge in [0.1, 0.15) is 0 Å². The molecule has 1 aromatic rings. The van der Waals surface area contributed by atoms with E-state index in [0.717, 1.165) is 0 Å². The molecule has 0 fully saturated rings. The third-order valence-electron chi connectivity index (χ3n) is 1.23. The molecule has 0 unspecified atom stereocenters. The summed E-state index contributed by atoms with van der Waals surface area (Å²) in [4.78, 5) is 0. The number of nitrogens with zero attached hydrogens (tertiary/aromatic N) is 1. The lowest BCUT2D eigenvalue weighted by Gasteiger charge is -1.85. The van der Waals surface area contributed by atoms with E-state index in [1.54, 1.807) is 6.20 Å². The minimum atomic E-state index is 1.27. The van der Waals surface area contributed by atoms with Crippen LogP contribution in [0.5, 0.6) is 0 Å². The Morgan fingerprint density at radius 2 is 2.00 bits per heavy atom. The van der Waals surface area contributed by atoms with Crippen molar-refractivity contribution in [1.82, 2.24) is 0 Å². The van der Waals surface area contributed by atoms with Crippen LogP contribution in [-0.4, -0.2) is 0 Å². The van der Waals surface area contributed by atoms with Gasteiger partial charge in [0.05, 0.1) is 0 Å². The highest BCUT2D eigenvalue weighted by Crippen LogP contribution is 1.88. The van der Waals surface area contributed by atoms with Crippen LogP contribution in [0.3, 0.4) is 0 Å². The highest BCUT2D eigenvalue weighted by Gasteiger charge is 1.88. The molecule has 9 heavy (non-hydrogen) atoms. The zero-order valence-electron chi connectivity index (χ0n) is 5.54. The third kappa shape index (κ3) is 1.39. The van der Waals surface area contributed by atoms with Gasteiger partial charge in [-0.15, -0.1) is 0 Å². The molecule has 1 rings (SSSR count). The topological polar surface area (TPSA) is 3.88 Å². The molecule has 0 amide bonds. The van der Waals surface area contributed by atoms with E-state index in [9.17, 15) is 0 Å². The summed E-state index contributed by atoms with van der Waals surface area (Å²) < 4.78 is 1.91. The van der Waals surface area contributed by atoms with E-state index in [1.807, 2.05) is 29.1 Å². The third-order valence-corrected chi connectivity index (χ3v) is 1.23. The van der Waals surface area contributed by atoms with E-state index in [1.165, 1.54) is 5.56 Å². The molecule has 1 aromatic heterocycles. The van der Waals surface area contributed by atoms with Gasteiger partial charge in [0.25, 0.3) is 0 Å². The molecular formula is C8H10N+. The highest BCUT2D eigenvalue weighted by atomic mass is 14.9. The quantitative estimate of drug-likeness (QED) is 0.493. The van der Waals surface area contributed by atoms with Crippen LogP contribution in [0, 0.1) is 6.92 Å². The molecule has 0 radical (unpaired) electrons. The largest absolute Gasteiger partial charge is 0.174 e. The SMILES string of the molecule is C=C[n+]1ccc(C)cc1. The van der Waals surface area contributed by atoms with Crippen LogP contribution in [0.15, 0.2) is 31.1 Å². The summed E-state index contributed by atoms with van der Waals surface area (Å²) in [5.74, 6) is 0. The van der Waals surface area contributed by atoms with E-state index >= 15 is 0 Å². The predicted molar refractivity (Wildman–Crippen MR) is 37.8 cm³/mol. The first kappa shape index (κ1) is 6.02. The molecule has 0 aliphatic carbocycles. The number of rotatable bonds is 1. The number of hydrogen-bond donors (Lipinski definition) is 0. The summed E-state index contributed by atoms with van der Waals surface area (Å²) >= 11 is 0. The Morgan fingerprint density at radius 1 is 1.44 bits per heavy atom. The first-order valence-corrected chi connectivity index (χ1v) is 2.93. The molecule has 0 spiro atoms. The fourth-order valence-electron chi connectivity index (χ4n) is 0.634. The molecule has 0 aliphatic heterocycles. The van der Waals surface area contributed by atoms with Gasteiger partial charge in [-0.2, -0.15) is 4.57 Å². The lowest BCUT2D eigenvalue weighted by atomic mass is 10.3. The first-order valence-electron chi connectivity index (χ1n) is 2.93. The first-order chi connectivity index (χ1) is 4.33. The Bertz CT molecular complexity index is 198. The summed E-state index contributed by atoms with van der Waals surface area (Å²) in [5.41, 5.74) is 1.27. The minimum Gasteiger partial charge on any atom is -0.174 e. The maximum Gasteiger partial charge on any atom is 0.174 e. The Kier molecular flexibility index (Phi) is 1.63. The van der Waals surface area contributed by atoms with Crippen molar-refractivity contribution >= 4 is 6.20 Å². The average molecular weight is 120 g/mol. The summed E-state index contributed by atoms with van der Waals surface area (Å²) in [5, 5.41) is 0. The van der Waals surface area contributed by atoms with Gasteiger partial charge in [-0.1, -0.05) is 0 Å². The summed E-state index contributed by atoms with van der Waals surface area (Å²) in [6, 6.07) is 4.09. The number of hydrogen-bond acceptors (Lipinski definition) is 0. The van der Waals surface area contributed by atoms with Crippen molar-refractivity contribution in [3.8, 4) is 0 Å². The second kappa shape index (κ2) is 2.44. The van der Waals surface area contributed by atoms with Crippen LogP contribution >= 0.6 is 0 Å². The number of pyridine rings is 1. The van der Waals surface area contributed by atoms with Crippen molar-refractivity contribution in [3.05, 3.63) is 36.7 Å². The molecule has 0 aromatic carbocycles. The molecule has 0 saturated heterocycles. The van der Waals surface area contributed by atoms with Crippen molar-refractivity contribution in [2.45, 2.75) is 6.92 Å². The van der Waals surface area contributed by atoms with Crippen LogP contribution in [-0.2, 0) is 0 Å². The summed E-state index contributed by atoms with van der Waals surface area (Å²) in [6.07, 6.45) is 5.71. The molecule has 1 heteroatoms. The Labute approximate surface area is 55.3 Å². The van der Waals surface area contributed by atoms with E-state index in [2.05, 4.69) is 13.5 Å². The highest BCUT2D eigenvalue weighted by molar-refractivity contribution is 5.06. The maximum absolute atomic E-state index is 3.62. The van der Waals surface area contributed by atoms with Gasteiger partial charge in [-0.05, 0) is 19.1 Å². The van der Waals surface area contributed by atoms with Crippen molar-refractivity contribution in [2.75, 3.05) is 0 Å². The van der Waals surface area contributed by atoms with E-state index in [0.29, 0.717) is 0 Å². The zero-order valence-corrected chi connectivity index (χ0v) is 5.54. The second-order valence-electron chi connectivity index (χ2n) is 2.01. The number of aromatic nitrogens is 1. The average Bonchev–Trinajstić information content (AvgIpc) is 1.90. The van der Waals surface area contributed by atoms with E-state index in [-0.39, 0.29) is 0 Å². The summed E-state index contributed by atoms with van der Waals surface area (Å²) in [6.45, 7) is 5.69. The molecule has 46 valence electrons. The van der Waals surface area contributed by atoms with Crippen LogP contribution in [0.25, 0.3) is 6.20 Å². The molecule has 0 atom stereocenters. The standard InChI is InChI=1S/C8H10N/c1-3-9-6-4-8(2)5-7-9/h3-7H,1H2,2H3/q+1. The number of aryl methyl sites for hydroxylation is 1. The molecule has 1 nitrogen and oxygen atoms in total. The van der Waals surface area contributed by atoms with E-state index in [4.69, 9.17) is 0 Å². The molecule has 0 saturated carbocycles. The predicted octanol–water partition coefficient (Wildman–Crippen LogP) is 1.38. The normalized spacial score (nSPS) is 9.00. The minimum absolute atomic E-state index is 1.27. The lowest BCUT2D eigenvalue weighted by Crippen LogP contribution is -2.23. The molecule has 0 bridgehead atoms. The van der Waals surface area contributed by atoms with Gasteiger partial charge in [0.2, 0.25) is 0 Å². The fraction of sp³-hybridized carbons (Fsp3) is 0.125. The van der Waals surface area contributed by atoms with Gasteiger partial charge in [0.15, 0.2) is 18.6 Å². The van der Waals surface area contributed by atoms with Crippen molar-refractivity contribution in [1.29, 1.82) is 0 Å². The van der Waals surface area contributed by atoms with Gasteiger partial charge in [0, 0.05) is 12.1 Å². The Morgan fingerprint density at radius 3 is 2.44 bits per heavy atom. The molecular weight excluding hydrogens is 110 g/mol. The van der Waals surface area contributed by atoms with Crippen molar-refractivity contribution in [3.63, 3.8) is 0 Å². The molecule has 0 aliphatic rings. The van der Waals surface area contributed by atoms with Crippen molar-refractivity contribution < 1.29 is 4.57 Å². The Hall–Kier alpha value is -1.11. The lowest BCUT2D eigenvalue weighted by molar-refractivity contribution is -0.568. The van der Waals surface area contributed by atoms with Gasteiger partial charge >= 0.3 is 0 Å². The molecule has 1 heterocycles. The zero-order chi connectivity index (χ0) is 6.69.